The van der Waals surface area contributed by atoms with Crippen molar-refractivity contribution < 1.29 is 10.0 Å². The maximum Gasteiger partial charge on any atom is 0.283 e. The number of nitro groups is 1. The lowest BCUT2D eigenvalue weighted by Crippen LogP contribution is -2.07. The zero-order valence-corrected chi connectivity index (χ0v) is 13.2. The molecule has 1 atom stereocenters. The van der Waals surface area contributed by atoms with Gasteiger partial charge in [0.05, 0.1) is 15.4 Å². The summed E-state index contributed by atoms with van der Waals surface area (Å²) in [5.41, 5.74) is 2.52. The number of aromatic hydroxyl groups is 1. The van der Waals surface area contributed by atoms with Crippen LogP contribution in [0.15, 0.2) is 40.9 Å². The molecule has 0 saturated carbocycles. The number of nitrogens with zero attached hydrogens (tertiary/aromatic N) is 1. The number of aryl methyl sites for hydroxylation is 1. The molecule has 0 aliphatic rings. The van der Waals surface area contributed by atoms with Gasteiger partial charge in [0, 0.05) is 17.3 Å². The topological polar surface area (TPSA) is 75.4 Å². The molecule has 0 amide bonds. The zero-order valence-electron chi connectivity index (χ0n) is 11.6. The first-order valence-corrected chi connectivity index (χ1v) is 7.18. The van der Waals surface area contributed by atoms with Gasteiger partial charge in [-0.3, -0.25) is 10.1 Å². The lowest BCUT2D eigenvalue weighted by molar-refractivity contribution is -0.385. The lowest BCUT2D eigenvalue weighted by atomic mass is 10.0. The zero-order chi connectivity index (χ0) is 15.6. The summed E-state index contributed by atoms with van der Waals surface area (Å²) in [6.07, 6.45) is 0. The Bertz CT molecular complexity index is 689. The highest BCUT2D eigenvalue weighted by atomic mass is 79.9. The van der Waals surface area contributed by atoms with Gasteiger partial charge in [-0.1, -0.05) is 12.1 Å². The highest BCUT2D eigenvalue weighted by molar-refractivity contribution is 9.10. The van der Waals surface area contributed by atoms with Crippen LogP contribution in [0.5, 0.6) is 5.75 Å². The normalized spacial score (nSPS) is 12.0. The molecule has 0 fully saturated rings. The molecule has 0 spiro atoms. The Labute approximate surface area is 130 Å². The van der Waals surface area contributed by atoms with Crippen molar-refractivity contribution in [3.8, 4) is 5.75 Å². The largest absolute Gasteiger partial charge is 0.508 e. The quantitative estimate of drug-likeness (QED) is 0.626. The van der Waals surface area contributed by atoms with Crippen molar-refractivity contribution in [1.29, 1.82) is 0 Å². The molecule has 21 heavy (non-hydrogen) atoms. The van der Waals surface area contributed by atoms with E-state index in [1.807, 2.05) is 26.0 Å². The van der Waals surface area contributed by atoms with E-state index in [1.165, 1.54) is 6.07 Å². The Hall–Kier alpha value is -2.08. The van der Waals surface area contributed by atoms with Crippen LogP contribution in [0.3, 0.4) is 0 Å². The third kappa shape index (κ3) is 3.52. The van der Waals surface area contributed by atoms with Gasteiger partial charge in [-0.05, 0) is 53.5 Å². The van der Waals surface area contributed by atoms with Gasteiger partial charge in [0.15, 0.2) is 0 Å². The summed E-state index contributed by atoms with van der Waals surface area (Å²) in [4.78, 5) is 10.3. The molecule has 0 aromatic heterocycles. The summed E-state index contributed by atoms with van der Waals surface area (Å²) in [6, 6.07) is 10.1. The van der Waals surface area contributed by atoms with E-state index in [9.17, 15) is 15.2 Å². The highest BCUT2D eigenvalue weighted by Crippen LogP contribution is 2.31. The van der Waals surface area contributed by atoms with Crippen LogP contribution in [0.2, 0.25) is 0 Å². The van der Waals surface area contributed by atoms with Gasteiger partial charge in [-0.25, -0.2) is 0 Å². The molecule has 2 aromatic rings. The van der Waals surface area contributed by atoms with Crippen molar-refractivity contribution in [2.75, 3.05) is 5.32 Å². The molecule has 0 heterocycles. The maximum atomic E-state index is 10.8. The van der Waals surface area contributed by atoms with Gasteiger partial charge < -0.3 is 10.4 Å². The summed E-state index contributed by atoms with van der Waals surface area (Å²) in [7, 11) is 0. The summed E-state index contributed by atoms with van der Waals surface area (Å²) in [6.45, 7) is 3.83. The lowest BCUT2D eigenvalue weighted by Gasteiger charge is -2.17. The molecule has 0 bridgehead atoms. The van der Waals surface area contributed by atoms with E-state index in [0.29, 0.717) is 4.47 Å². The molecule has 0 saturated heterocycles. The van der Waals surface area contributed by atoms with Gasteiger partial charge in [-0.2, -0.15) is 0 Å². The molecule has 2 rings (SSSR count). The van der Waals surface area contributed by atoms with Crippen LogP contribution in [0, 0.1) is 17.0 Å². The highest BCUT2D eigenvalue weighted by Gasteiger charge is 2.14. The predicted molar refractivity (Wildman–Crippen MR) is 85.7 cm³/mol. The van der Waals surface area contributed by atoms with Crippen LogP contribution in [0.4, 0.5) is 11.4 Å². The Morgan fingerprint density at radius 3 is 2.57 bits per heavy atom. The Kier molecular flexibility index (Phi) is 4.47. The number of nitro benzene ring substituents is 1. The van der Waals surface area contributed by atoms with Crippen molar-refractivity contribution in [1.82, 2.24) is 0 Å². The van der Waals surface area contributed by atoms with E-state index in [2.05, 4.69) is 21.2 Å². The molecule has 0 aliphatic carbocycles. The van der Waals surface area contributed by atoms with E-state index < -0.39 is 4.92 Å². The second-order valence-corrected chi connectivity index (χ2v) is 5.71. The minimum absolute atomic E-state index is 0.0198. The van der Waals surface area contributed by atoms with Crippen molar-refractivity contribution in [3.63, 3.8) is 0 Å². The van der Waals surface area contributed by atoms with Gasteiger partial charge in [0.25, 0.3) is 5.69 Å². The number of benzene rings is 2. The second-order valence-electron chi connectivity index (χ2n) is 4.85. The fourth-order valence-corrected chi connectivity index (χ4v) is 2.62. The molecule has 2 aromatic carbocycles. The van der Waals surface area contributed by atoms with Crippen LogP contribution < -0.4 is 5.32 Å². The smallest absolute Gasteiger partial charge is 0.283 e. The number of phenolic OH excluding ortho intramolecular Hbond substituents is 1. The first-order chi connectivity index (χ1) is 9.88. The van der Waals surface area contributed by atoms with E-state index in [4.69, 9.17) is 0 Å². The van der Waals surface area contributed by atoms with E-state index >= 15 is 0 Å². The molecule has 1 unspecified atom stereocenters. The Balaban J connectivity index is 2.21. The van der Waals surface area contributed by atoms with Crippen LogP contribution in [0.1, 0.15) is 24.1 Å². The fourth-order valence-electron chi connectivity index (χ4n) is 2.09. The molecule has 6 heteroatoms. The van der Waals surface area contributed by atoms with Gasteiger partial charge in [0.2, 0.25) is 0 Å². The van der Waals surface area contributed by atoms with Crippen LogP contribution >= 0.6 is 15.9 Å². The minimum Gasteiger partial charge on any atom is -0.508 e. The van der Waals surface area contributed by atoms with Crippen molar-refractivity contribution in [3.05, 3.63) is 62.1 Å². The van der Waals surface area contributed by atoms with Gasteiger partial charge >= 0.3 is 0 Å². The number of nitrogens with one attached hydrogen (secondary N) is 1. The average molecular weight is 351 g/mol. The van der Waals surface area contributed by atoms with Crippen LogP contribution in [-0.4, -0.2) is 10.0 Å². The predicted octanol–water partition coefficient (Wildman–Crippen LogP) is 4.54. The first-order valence-electron chi connectivity index (χ1n) is 6.38. The van der Waals surface area contributed by atoms with E-state index in [0.717, 1.165) is 16.8 Å². The molecule has 2 N–H and O–H groups in total. The van der Waals surface area contributed by atoms with Crippen molar-refractivity contribution in [2.45, 2.75) is 19.9 Å². The summed E-state index contributed by atoms with van der Waals surface area (Å²) >= 11 is 3.19. The number of hydrogen-bond acceptors (Lipinski definition) is 4. The molecule has 0 aliphatic heterocycles. The molecular formula is C15H15BrN2O3. The number of phenols is 1. The third-order valence-electron chi connectivity index (χ3n) is 3.18. The molecule has 110 valence electrons. The van der Waals surface area contributed by atoms with Crippen molar-refractivity contribution in [2.24, 2.45) is 0 Å². The average Bonchev–Trinajstić information content (AvgIpc) is 2.37. The Morgan fingerprint density at radius 2 is 2.00 bits per heavy atom. The molecule has 5 nitrogen and oxygen atoms in total. The maximum absolute atomic E-state index is 10.8. The van der Waals surface area contributed by atoms with E-state index in [-0.39, 0.29) is 17.5 Å². The Morgan fingerprint density at radius 1 is 1.29 bits per heavy atom. The monoisotopic (exact) mass is 350 g/mol. The summed E-state index contributed by atoms with van der Waals surface area (Å²) in [5.74, 6) is 0.232. The van der Waals surface area contributed by atoms with Gasteiger partial charge in [0.1, 0.15) is 5.75 Å². The number of halogens is 1. The van der Waals surface area contributed by atoms with Crippen LogP contribution in [-0.2, 0) is 0 Å². The van der Waals surface area contributed by atoms with Crippen molar-refractivity contribution >= 4 is 27.3 Å². The second kappa shape index (κ2) is 6.13. The SMILES string of the molecule is Cc1ccc(C(C)Nc2ccc([N+](=O)[O-])c(Br)c2)c(O)c1. The first kappa shape index (κ1) is 15.3. The minimum atomic E-state index is -0.441. The fraction of sp³-hybridized carbons (Fsp3) is 0.200. The summed E-state index contributed by atoms with van der Waals surface area (Å²) < 4.78 is 0.415. The molecule has 0 radical (unpaired) electrons. The summed E-state index contributed by atoms with van der Waals surface area (Å²) in [5, 5.41) is 24.0. The van der Waals surface area contributed by atoms with Crippen LogP contribution in [0.25, 0.3) is 0 Å². The number of rotatable bonds is 4. The standard InChI is InChI=1S/C15H15BrN2O3/c1-9-3-5-12(15(19)7-9)10(2)17-11-4-6-14(18(20)21)13(16)8-11/h3-8,10,17,19H,1-2H3. The van der Waals surface area contributed by atoms with E-state index in [1.54, 1.807) is 18.2 Å². The molecular weight excluding hydrogens is 336 g/mol. The van der Waals surface area contributed by atoms with Gasteiger partial charge in [-0.15, -0.1) is 0 Å². The number of anilines is 1. The number of hydrogen-bond donors (Lipinski definition) is 2. The third-order valence-corrected chi connectivity index (χ3v) is 3.82.